The van der Waals surface area contributed by atoms with Gasteiger partial charge in [0, 0.05) is 25.1 Å². The number of piperidine rings is 1. The molecule has 5 heteroatoms. The number of likely N-dealkylation sites (tertiary alicyclic amines) is 2. The number of amides is 1. The van der Waals surface area contributed by atoms with Gasteiger partial charge in [-0.05, 0) is 44.2 Å². The Kier molecular flexibility index (Phi) is 4.52. The molecule has 1 N–H and O–H groups in total. The molecule has 21 heavy (non-hydrogen) atoms. The van der Waals surface area contributed by atoms with Gasteiger partial charge in [-0.25, -0.2) is 0 Å². The number of carbonyl (C=O) groups excluding carboxylic acids is 1. The molecule has 3 aliphatic rings. The lowest BCUT2D eigenvalue weighted by molar-refractivity contribution is -0.132. The summed E-state index contributed by atoms with van der Waals surface area (Å²) in [6, 6.07) is 0. The van der Waals surface area contributed by atoms with E-state index in [1.54, 1.807) is 0 Å². The van der Waals surface area contributed by atoms with Crippen LogP contribution in [0.15, 0.2) is 0 Å². The number of hydrogen-bond acceptors (Lipinski definition) is 4. The van der Waals surface area contributed by atoms with Crippen LogP contribution in [0.3, 0.4) is 0 Å². The van der Waals surface area contributed by atoms with E-state index >= 15 is 0 Å². The van der Waals surface area contributed by atoms with E-state index in [2.05, 4.69) is 11.8 Å². The SMILES string of the molecule is CC1CCN(CC(=O)N2C[C@@H]3CCOC[C@]3(CO)C2)CC1. The van der Waals surface area contributed by atoms with Crippen molar-refractivity contribution in [3.63, 3.8) is 0 Å². The Morgan fingerprint density at radius 2 is 2.10 bits per heavy atom. The highest BCUT2D eigenvalue weighted by Gasteiger charge is 2.49. The van der Waals surface area contributed by atoms with Crippen LogP contribution in [0, 0.1) is 17.3 Å². The summed E-state index contributed by atoms with van der Waals surface area (Å²) < 4.78 is 5.56. The van der Waals surface area contributed by atoms with Crippen LogP contribution in [0.4, 0.5) is 0 Å². The van der Waals surface area contributed by atoms with Crippen LogP contribution in [-0.4, -0.2) is 73.4 Å². The van der Waals surface area contributed by atoms with Gasteiger partial charge in [-0.2, -0.15) is 0 Å². The summed E-state index contributed by atoms with van der Waals surface area (Å²) in [7, 11) is 0. The molecule has 3 fully saturated rings. The number of aliphatic hydroxyl groups is 1. The molecule has 0 saturated carbocycles. The number of aliphatic hydroxyl groups excluding tert-OH is 1. The molecule has 3 rings (SSSR count). The van der Waals surface area contributed by atoms with Crippen molar-refractivity contribution in [1.82, 2.24) is 9.80 Å². The maximum atomic E-state index is 12.6. The van der Waals surface area contributed by atoms with Crippen molar-refractivity contribution in [2.75, 3.05) is 52.5 Å². The third kappa shape index (κ3) is 3.10. The summed E-state index contributed by atoms with van der Waals surface area (Å²) in [5.41, 5.74) is -0.204. The molecular formula is C16H28N2O3. The van der Waals surface area contributed by atoms with Crippen molar-refractivity contribution >= 4 is 5.91 Å². The van der Waals surface area contributed by atoms with E-state index in [9.17, 15) is 9.90 Å². The second-order valence-electron chi connectivity index (χ2n) is 7.29. The molecule has 0 unspecified atom stereocenters. The van der Waals surface area contributed by atoms with Crippen molar-refractivity contribution in [3.05, 3.63) is 0 Å². The fourth-order valence-corrected chi connectivity index (χ4v) is 4.02. The molecule has 0 aromatic heterocycles. The zero-order chi connectivity index (χ0) is 14.9. The fourth-order valence-electron chi connectivity index (χ4n) is 4.02. The smallest absolute Gasteiger partial charge is 0.236 e. The van der Waals surface area contributed by atoms with E-state index in [0.29, 0.717) is 25.6 Å². The molecule has 3 heterocycles. The number of fused-ring (bicyclic) bond motifs is 1. The van der Waals surface area contributed by atoms with Crippen molar-refractivity contribution in [2.45, 2.75) is 26.2 Å². The van der Waals surface area contributed by atoms with Crippen LogP contribution >= 0.6 is 0 Å². The monoisotopic (exact) mass is 296 g/mol. The maximum absolute atomic E-state index is 12.6. The topological polar surface area (TPSA) is 53.0 Å². The predicted octanol–water partition coefficient (Wildman–Crippen LogP) is 0.576. The molecule has 3 saturated heterocycles. The Morgan fingerprint density at radius 1 is 1.33 bits per heavy atom. The highest BCUT2D eigenvalue weighted by atomic mass is 16.5. The lowest BCUT2D eigenvalue weighted by atomic mass is 9.76. The summed E-state index contributed by atoms with van der Waals surface area (Å²) in [5, 5.41) is 9.77. The van der Waals surface area contributed by atoms with E-state index in [4.69, 9.17) is 4.74 Å². The molecule has 0 aromatic carbocycles. The van der Waals surface area contributed by atoms with Gasteiger partial charge in [0.2, 0.25) is 5.91 Å². The minimum atomic E-state index is -0.204. The summed E-state index contributed by atoms with van der Waals surface area (Å²) in [4.78, 5) is 16.8. The Hall–Kier alpha value is -0.650. The van der Waals surface area contributed by atoms with E-state index in [1.807, 2.05) is 4.90 Å². The maximum Gasteiger partial charge on any atom is 0.236 e. The number of carbonyl (C=O) groups is 1. The van der Waals surface area contributed by atoms with E-state index in [-0.39, 0.29) is 17.9 Å². The summed E-state index contributed by atoms with van der Waals surface area (Å²) in [6.45, 7) is 7.86. The lowest BCUT2D eigenvalue weighted by Gasteiger charge is -2.36. The molecule has 0 aromatic rings. The number of ether oxygens (including phenoxy) is 1. The van der Waals surface area contributed by atoms with Crippen LogP contribution in [0.25, 0.3) is 0 Å². The van der Waals surface area contributed by atoms with Gasteiger partial charge >= 0.3 is 0 Å². The molecule has 0 radical (unpaired) electrons. The predicted molar refractivity (Wildman–Crippen MR) is 79.9 cm³/mol. The quantitative estimate of drug-likeness (QED) is 0.827. The first-order chi connectivity index (χ1) is 10.1. The van der Waals surface area contributed by atoms with Crippen molar-refractivity contribution in [1.29, 1.82) is 0 Å². The lowest BCUT2D eigenvalue weighted by Crippen LogP contribution is -2.45. The average Bonchev–Trinajstić information content (AvgIpc) is 2.90. The summed E-state index contributed by atoms with van der Waals surface area (Å²) >= 11 is 0. The molecule has 0 bridgehead atoms. The molecule has 0 spiro atoms. The van der Waals surface area contributed by atoms with Crippen molar-refractivity contribution in [3.8, 4) is 0 Å². The first-order valence-electron chi connectivity index (χ1n) is 8.32. The first kappa shape index (κ1) is 15.3. The molecule has 5 nitrogen and oxygen atoms in total. The third-order valence-electron chi connectivity index (χ3n) is 5.72. The van der Waals surface area contributed by atoms with Gasteiger partial charge in [-0.3, -0.25) is 9.69 Å². The zero-order valence-electron chi connectivity index (χ0n) is 13.1. The molecule has 3 aliphatic heterocycles. The van der Waals surface area contributed by atoms with Gasteiger partial charge in [0.15, 0.2) is 0 Å². The summed E-state index contributed by atoms with van der Waals surface area (Å²) in [6.07, 6.45) is 3.36. The molecular weight excluding hydrogens is 268 g/mol. The third-order valence-corrected chi connectivity index (χ3v) is 5.72. The van der Waals surface area contributed by atoms with Gasteiger partial charge in [0.05, 0.1) is 19.8 Å². The highest BCUT2D eigenvalue weighted by Crippen LogP contribution is 2.41. The zero-order valence-corrected chi connectivity index (χ0v) is 13.1. The normalized spacial score (nSPS) is 35.0. The first-order valence-corrected chi connectivity index (χ1v) is 8.32. The van der Waals surface area contributed by atoms with Crippen molar-refractivity contribution in [2.24, 2.45) is 17.3 Å². The van der Waals surface area contributed by atoms with Crippen LogP contribution in [0.1, 0.15) is 26.2 Å². The number of rotatable bonds is 3. The molecule has 120 valence electrons. The largest absolute Gasteiger partial charge is 0.396 e. The van der Waals surface area contributed by atoms with Crippen LogP contribution < -0.4 is 0 Å². The Balaban J connectivity index is 1.56. The standard InChI is InChI=1S/C16H28N2O3/c1-13-2-5-17(6-3-13)9-15(20)18-8-14-4-7-21-12-16(14,10-18)11-19/h13-14,19H,2-12H2,1H3/t14-,16+/m0/s1. The number of hydrogen-bond donors (Lipinski definition) is 1. The molecule has 0 aliphatic carbocycles. The van der Waals surface area contributed by atoms with Crippen LogP contribution in [-0.2, 0) is 9.53 Å². The van der Waals surface area contributed by atoms with E-state index in [0.717, 1.165) is 38.6 Å². The molecule has 1 amide bonds. The highest BCUT2D eigenvalue weighted by molar-refractivity contribution is 5.78. The Morgan fingerprint density at radius 3 is 2.76 bits per heavy atom. The Labute approximate surface area is 127 Å². The van der Waals surface area contributed by atoms with E-state index < -0.39 is 0 Å². The van der Waals surface area contributed by atoms with Gasteiger partial charge < -0.3 is 14.7 Å². The molecule has 2 atom stereocenters. The average molecular weight is 296 g/mol. The minimum absolute atomic E-state index is 0.128. The fraction of sp³-hybridized carbons (Fsp3) is 0.938. The van der Waals surface area contributed by atoms with Gasteiger partial charge in [0.25, 0.3) is 0 Å². The van der Waals surface area contributed by atoms with Gasteiger partial charge in [-0.1, -0.05) is 6.92 Å². The van der Waals surface area contributed by atoms with Crippen LogP contribution in [0.5, 0.6) is 0 Å². The van der Waals surface area contributed by atoms with Crippen molar-refractivity contribution < 1.29 is 14.6 Å². The number of nitrogens with zero attached hydrogens (tertiary/aromatic N) is 2. The minimum Gasteiger partial charge on any atom is -0.396 e. The summed E-state index contributed by atoms with van der Waals surface area (Å²) in [5.74, 6) is 1.43. The van der Waals surface area contributed by atoms with E-state index in [1.165, 1.54) is 12.8 Å². The van der Waals surface area contributed by atoms with Gasteiger partial charge in [0.1, 0.15) is 0 Å². The second-order valence-corrected chi connectivity index (χ2v) is 7.29. The second kappa shape index (κ2) is 6.23. The van der Waals surface area contributed by atoms with Gasteiger partial charge in [-0.15, -0.1) is 0 Å². The Bertz CT molecular complexity index is 382. The van der Waals surface area contributed by atoms with Crippen LogP contribution in [0.2, 0.25) is 0 Å².